The minimum atomic E-state index is -4.40. The Labute approximate surface area is 200 Å². The molecule has 1 amide bonds. The maximum atomic E-state index is 14.0. The van der Waals surface area contributed by atoms with Crippen LogP contribution in [-0.4, -0.2) is 55.7 Å². The maximum absolute atomic E-state index is 14.0. The smallest absolute Gasteiger partial charge is 0.350 e. The van der Waals surface area contributed by atoms with Crippen molar-refractivity contribution in [3.63, 3.8) is 0 Å². The van der Waals surface area contributed by atoms with Crippen LogP contribution in [0.25, 0.3) is 28.1 Å². The molecule has 1 aliphatic rings. The molecule has 0 unspecified atom stereocenters. The summed E-state index contributed by atoms with van der Waals surface area (Å²) in [6.07, 6.45) is -1.43. The van der Waals surface area contributed by atoms with Crippen molar-refractivity contribution in [2.45, 2.75) is 44.9 Å². The Morgan fingerprint density at radius 3 is 2.49 bits per heavy atom. The van der Waals surface area contributed by atoms with Gasteiger partial charge in [-0.05, 0) is 69.6 Å². The third-order valence-corrected chi connectivity index (χ3v) is 6.16. The van der Waals surface area contributed by atoms with Crippen LogP contribution in [0.15, 0.2) is 48.7 Å². The molecule has 0 bridgehead atoms. The summed E-state index contributed by atoms with van der Waals surface area (Å²) in [5.41, 5.74) is 2.08. The number of aromatic nitrogens is 4. The highest BCUT2D eigenvalue weighted by molar-refractivity contribution is 5.98. The van der Waals surface area contributed by atoms with Crippen LogP contribution in [0.4, 0.5) is 13.2 Å². The SMILES string of the molecule is CC(C)NC(=O)c1ccc2ccc(-c3nnc4ccc([C@@H](N5CCCC5)C(F)(F)F)cn34)nc2c1. The highest BCUT2D eigenvalue weighted by atomic mass is 19.4. The van der Waals surface area contributed by atoms with Gasteiger partial charge in [0.1, 0.15) is 11.7 Å². The predicted molar refractivity (Wildman–Crippen MR) is 126 cm³/mol. The van der Waals surface area contributed by atoms with Gasteiger partial charge in [0.05, 0.1) is 5.52 Å². The molecule has 4 heterocycles. The quantitative estimate of drug-likeness (QED) is 0.443. The number of pyridine rings is 2. The summed E-state index contributed by atoms with van der Waals surface area (Å²) < 4.78 is 43.7. The van der Waals surface area contributed by atoms with Crippen molar-refractivity contribution in [2.24, 2.45) is 0 Å². The van der Waals surface area contributed by atoms with Gasteiger partial charge in [0.2, 0.25) is 0 Å². The molecule has 1 fully saturated rings. The van der Waals surface area contributed by atoms with Gasteiger partial charge in [-0.15, -0.1) is 10.2 Å². The topological polar surface area (TPSA) is 75.4 Å². The van der Waals surface area contributed by atoms with Crippen LogP contribution in [0.5, 0.6) is 0 Å². The number of nitrogens with zero attached hydrogens (tertiary/aromatic N) is 5. The molecule has 182 valence electrons. The van der Waals surface area contributed by atoms with Gasteiger partial charge in [-0.3, -0.25) is 14.1 Å². The zero-order valence-electron chi connectivity index (χ0n) is 19.4. The summed E-state index contributed by atoms with van der Waals surface area (Å²) in [6, 6.07) is 10.2. The lowest BCUT2D eigenvalue weighted by Gasteiger charge is -2.29. The molecule has 1 atom stereocenters. The number of hydrogen-bond acceptors (Lipinski definition) is 5. The summed E-state index contributed by atoms with van der Waals surface area (Å²) in [5.74, 6) is 0.134. The molecule has 10 heteroatoms. The molecule has 0 aliphatic carbocycles. The van der Waals surface area contributed by atoms with E-state index < -0.39 is 12.2 Å². The fourth-order valence-electron chi connectivity index (χ4n) is 4.58. The molecule has 1 aliphatic heterocycles. The minimum Gasteiger partial charge on any atom is -0.350 e. The van der Waals surface area contributed by atoms with Gasteiger partial charge in [-0.1, -0.05) is 18.2 Å². The predicted octanol–water partition coefficient (Wildman–Crippen LogP) is 4.78. The first kappa shape index (κ1) is 23.2. The Kier molecular flexibility index (Phi) is 5.92. The standard InChI is InChI=1S/C25H25F3N6O/c1-15(2)29-24(35)17-6-5-16-7-9-19(30-20(16)13-17)23-32-31-21-10-8-18(14-34(21)23)22(25(26,27)28)33-11-3-4-12-33/h5-10,13-15,22H,3-4,11-12H2,1-2H3,(H,29,35)/t22-/m1/s1. The summed E-state index contributed by atoms with van der Waals surface area (Å²) in [4.78, 5) is 18.5. The van der Waals surface area contributed by atoms with Crippen LogP contribution in [0.2, 0.25) is 0 Å². The molecule has 0 saturated carbocycles. The summed E-state index contributed by atoms with van der Waals surface area (Å²) in [7, 11) is 0. The summed E-state index contributed by atoms with van der Waals surface area (Å²) in [6.45, 7) is 4.59. The Balaban J connectivity index is 1.56. The second kappa shape index (κ2) is 8.92. The van der Waals surface area contributed by atoms with Gasteiger partial charge in [-0.2, -0.15) is 13.2 Å². The number of amides is 1. The molecule has 5 rings (SSSR count). The van der Waals surface area contributed by atoms with Crippen LogP contribution >= 0.6 is 0 Å². The molecule has 0 spiro atoms. The first-order valence-corrected chi connectivity index (χ1v) is 11.6. The van der Waals surface area contributed by atoms with Crippen LogP contribution in [-0.2, 0) is 0 Å². The number of halogens is 3. The first-order chi connectivity index (χ1) is 16.7. The van der Waals surface area contributed by atoms with Crippen LogP contribution in [0.3, 0.4) is 0 Å². The number of nitrogens with one attached hydrogen (secondary N) is 1. The number of hydrogen-bond donors (Lipinski definition) is 1. The van der Waals surface area contributed by atoms with Crippen molar-refractivity contribution in [3.05, 3.63) is 59.8 Å². The van der Waals surface area contributed by atoms with Gasteiger partial charge in [0, 0.05) is 23.2 Å². The molecule has 1 N–H and O–H groups in total. The van der Waals surface area contributed by atoms with Gasteiger partial charge in [0.25, 0.3) is 5.91 Å². The van der Waals surface area contributed by atoms with Crippen LogP contribution in [0.1, 0.15) is 48.7 Å². The largest absolute Gasteiger partial charge is 0.408 e. The van der Waals surface area contributed by atoms with Crippen molar-refractivity contribution in [3.8, 4) is 11.5 Å². The molecule has 3 aromatic heterocycles. The second-order valence-corrected chi connectivity index (χ2v) is 9.13. The average molecular weight is 483 g/mol. The van der Waals surface area contributed by atoms with E-state index in [9.17, 15) is 18.0 Å². The lowest BCUT2D eigenvalue weighted by Crippen LogP contribution is -2.36. The third kappa shape index (κ3) is 4.58. The molecule has 1 saturated heterocycles. The highest BCUT2D eigenvalue weighted by Gasteiger charge is 2.45. The molecule has 0 radical (unpaired) electrons. The van der Waals surface area contributed by atoms with E-state index in [2.05, 4.69) is 20.5 Å². The molecule has 1 aromatic carbocycles. The van der Waals surface area contributed by atoms with Crippen LogP contribution in [0, 0.1) is 0 Å². The fraction of sp³-hybridized carbons (Fsp3) is 0.360. The van der Waals surface area contributed by atoms with Gasteiger partial charge in [-0.25, -0.2) is 4.98 Å². The van der Waals surface area contributed by atoms with E-state index in [0.717, 1.165) is 18.2 Å². The normalized spacial score (nSPS) is 15.8. The Hall–Kier alpha value is -3.53. The van der Waals surface area contributed by atoms with E-state index >= 15 is 0 Å². The second-order valence-electron chi connectivity index (χ2n) is 9.13. The lowest BCUT2D eigenvalue weighted by molar-refractivity contribution is -0.183. The highest BCUT2D eigenvalue weighted by Crippen LogP contribution is 2.39. The van der Waals surface area contributed by atoms with E-state index in [0.29, 0.717) is 41.3 Å². The van der Waals surface area contributed by atoms with Crippen LogP contribution < -0.4 is 5.32 Å². The van der Waals surface area contributed by atoms with E-state index in [1.807, 2.05) is 26.0 Å². The van der Waals surface area contributed by atoms with Crippen molar-refractivity contribution < 1.29 is 18.0 Å². The van der Waals surface area contributed by atoms with Crippen molar-refractivity contribution in [1.29, 1.82) is 0 Å². The lowest BCUT2D eigenvalue weighted by atomic mass is 10.1. The molecular weight excluding hydrogens is 457 g/mol. The minimum absolute atomic E-state index is 0.00451. The van der Waals surface area contributed by atoms with Crippen molar-refractivity contribution in [2.75, 3.05) is 13.1 Å². The monoisotopic (exact) mass is 482 g/mol. The first-order valence-electron chi connectivity index (χ1n) is 11.6. The van der Waals surface area contributed by atoms with Gasteiger partial charge < -0.3 is 5.32 Å². The maximum Gasteiger partial charge on any atom is 0.408 e. The van der Waals surface area contributed by atoms with E-state index in [1.165, 1.54) is 17.2 Å². The molecule has 35 heavy (non-hydrogen) atoms. The van der Waals surface area contributed by atoms with E-state index in [1.54, 1.807) is 28.7 Å². The molecule has 4 aromatic rings. The molecule has 7 nitrogen and oxygen atoms in total. The molecular formula is C25H25F3N6O. The fourth-order valence-corrected chi connectivity index (χ4v) is 4.58. The Bertz CT molecular complexity index is 1390. The number of rotatable bonds is 5. The number of benzene rings is 1. The van der Waals surface area contributed by atoms with E-state index in [4.69, 9.17) is 0 Å². The summed E-state index contributed by atoms with van der Waals surface area (Å²) in [5, 5.41) is 12.0. The van der Waals surface area contributed by atoms with Gasteiger partial charge in [0.15, 0.2) is 11.5 Å². The zero-order valence-corrected chi connectivity index (χ0v) is 19.4. The number of fused-ring (bicyclic) bond motifs is 2. The van der Waals surface area contributed by atoms with Gasteiger partial charge >= 0.3 is 6.18 Å². The van der Waals surface area contributed by atoms with Crippen molar-refractivity contribution >= 4 is 22.5 Å². The number of likely N-dealkylation sites (tertiary alicyclic amines) is 1. The summed E-state index contributed by atoms with van der Waals surface area (Å²) >= 11 is 0. The Morgan fingerprint density at radius 2 is 1.77 bits per heavy atom. The number of alkyl halides is 3. The number of carbonyl (C=O) groups excluding carboxylic acids is 1. The zero-order chi connectivity index (χ0) is 24.7. The Morgan fingerprint density at radius 1 is 1.03 bits per heavy atom. The number of carbonyl (C=O) groups is 1. The van der Waals surface area contributed by atoms with E-state index in [-0.39, 0.29) is 17.5 Å². The third-order valence-electron chi connectivity index (χ3n) is 6.16. The average Bonchev–Trinajstić information content (AvgIpc) is 3.47. The van der Waals surface area contributed by atoms with Crippen molar-refractivity contribution in [1.82, 2.24) is 29.8 Å².